The second kappa shape index (κ2) is 6.70. The Hall–Kier alpha value is -3.29. The summed E-state index contributed by atoms with van der Waals surface area (Å²) in [6.07, 6.45) is 0.634. The van der Waals surface area contributed by atoms with Gasteiger partial charge in [0.15, 0.2) is 17.6 Å². The van der Waals surface area contributed by atoms with E-state index in [1.165, 1.54) is 0 Å². The normalized spacial score (nSPS) is 18.0. The topological polar surface area (TPSA) is 93.5 Å². The molecular formula is C20H20N4O4. The van der Waals surface area contributed by atoms with Crippen LogP contribution in [0.3, 0.4) is 0 Å². The number of H-pyrrole nitrogens is 1. The van der Waals surface area contributed by atoms with Crippen LogP contribution in [0.2, 0.25) is 0 Å². The minimum absolute atomic E-state index is 0.0140. The van der Waals surface area contributed by atoms with Crippen molar-refractivity contribution in [3.63, 3.8) is 0 Å². The number of aryl methyl sites for hydroxylation is 1. The zero-order valence-electron chi connectivity index (χ0n) is 15.5. The molecule has 0 radical (unpaired) electrons. The van der Waals surface area contributed by atoms with Crippen LogP contribution in [0.5, 0.6) is 11.5 Å². The first-order chi connectivity index (χ1) is 13.7. The second-order valence-electron chi connectivity index (χ2n) is 7.11. The summed E-state index contributed by atoms with van der Waals surface area (Å²) in [4.78, 5) is 14.5. The molecule has 5 rings (SSSR count). The van der Waals surface area contributed by atoms with Crippen LogP contribution in [0.4, 0.5) is 0 Å². The Labute approximate surface area is 161 Å². The van der Waals surface area contributed by atoms with Gasteiger partial charge in [0.05, 0.1) is 12.1 Å². The molecular weight excluding hydrogens is 360 g/mol. The van der Waals surface area contributed by atoms with Gasteiger partial charge in [0.2, 0.25) is 5.91 Å². The molecule has 2 aliphatic heterocycles. The van der Waals surface area contributed by atoms with E-state index in [1.54, 1.807) is 6.07 Å². The second-order valence-corrected chi connectivity index (χ2v) is 7.11. The molecule has 1 amide bonds. The van der Waals surface area contributed by atoms with Crippen molar-refractivity contribution >= 4 is 5.91 Å². The quantitative estimate of drug-likeness (QED) is 0.750. The number of aromatic amines is 1. The van der Waals surface area contributed by atoms with Crippen molar-refractivity contribution in [2.75, 3.05) is 13.2 Å². The van der Waals surface area contributed by atoms with Gasteiger partial charge in [-0.25, -0.2) is 0 Å². The molecule has 0 spiro atoms. The molecule has 0 saturated carbocycles. The van der Waals surface area contributed by atoms with Crippen LogP contribution in [0.25, 0.3) is 0 Å². The number of aromatic nitrogens is 3. The van der Waals surface area contributed by atoms with Gasteiger partial charge in [-0.05, 0) is 19.1 Å². The molecule has 0 bridgehead atoms. The standard InChI is InChI=1S/C20H20N4O4/c1-12-8-13(28-23-12)9-19(25)24-7-6-15-14(10-24)20(22-21-15)18-11-26-16-4-2-3-5-17(16)27-18/h2-5,8,18H,6-7,9-11H2,1H3,(H,21,22)/t18-/m0/s1. The number of fused-ring (bicyclic) bond motifs is 2. The van der Waals surface area contributed by atoms with Crippen molar-refractivity contribution < 1.29 is 18.8 Å². The number of carbonyl (C=O) groups is 1. The van der Waals surface area contributed by atoms with Crippen LogP contribution < -0.4 is 9.47 Å². The third-order valence-electron chi connectivity index (χ3n) is 5.13. The Kier molecular flexibility index (Phi) is 4.03. The monoisotopic (exact) mass is 380 g/mol. The van der Waals surface area contributed by atoms with E-state index in [2.05, 4.69) is 15.4 Å². The number of carbonyl (C=O) groups excluding carboxylic acids is 1. The number of para-hydroxylation sites is 2. The zero-order chi connectivity index (χ0) is 19.1. The highest BCUT2D eigenvalue weighted by molar-refractivity contribution is 5.78. The molecule has 0 saturated heterocycles. The maximum atomic E-state index is 12.7. The number of nitrogens with one attached hydrogen (secondary N) is 1. The minimum atomic E-state index is -0.304. The van der Waals surface area contributed by atoms with E-state index in [1.807, 2.05) is 36.1 Å². The molecule has 3 aromatic rings. The summed E-state index contributed by atoms with van der Waals surface area (Å²) in [7, 11) is 0. The molecule has 2 aliphatic rings. The average molecular weight is 380 g/mol. The molecule has 0 aliphatic carbocycles. The Balaban J connectivity index is 1.34. The van der Waals surface area contributed by atoms with Crippen molar-refractivity contribution in [3.8, 4) is 11.5 Å². The molecule has 1 N–H and O–H groups in total. The van der Waals surface area contributed by atoms with E-state index in [-0.39, 0.29) is 18.4 Å². The van der Waals surface area contributed by atoms with Gasteiger partial charge in [-0.3, -0.25) is 9.89 Å². The van der Waals surface area contributed by atoms with Gasteiger partial charge in [-0.15, -0.1) is 0 Å². The lowest BCUT2D eigenvalue weighted by Crippen LogP contribution is -2.37. The average Bonchev–Trinajstić information content (AvgIpc) is 3.33. The van der Waals surface area contributed by atoms with Gasteiger partial charge >= 0.3 is 0 Å². The summed E-state index contributed by atoms with van der Waals surface area (Å²) in [6, 6.07) is 9.39. The first kappa shape index (κ1) is 16.9. The fourth-order valence-corrected chi connectivity index (χ4v) is 3.71. The largest absolute Gasteiger partial charge is 0.485 e. The first-order valence-electron chi connectivity index (χ1n) is 9.32. The van der Waals surface area contributed by atoms with E-state index < -0.39 is 0 Å². The van der Waals surface area contributed by atoms with E-state index in [9.17, 15) is 4.79 Å². The van der Waals surface area contributed by atoms with Crippen LogP contribution in [-0.2, 0) is 24.2 Å². The molecule has 8 heteroatoms. The lowest BCUT2D eigenvalue weighted by molar-refractivity contribution is -0.131. The highest BCUT2D eigenvalue weighted by Gasteiger charge is 2.32. The number of amides is 1. The summed E-state index contributed by atoms with van der Waals surface area (Å²) in [5.41, 5.74) is 3.64. The van der Waals surface area contributed by atoms with E-state index >= 15 is 0 Å². The van der Waals surface area contributed by atoms with Gasteiger partial charge in [0.25, 0.3) is 0 Å². The summed E-state index contributed by atoms with van der Waals surface area (Å²) >= 11 is 0. The molecule has 2 aromatic heterocycles. The lowest BCUT2D eigenvalue weighted by Gasteiger charge is -2.29. The highest BCUT2D eigenvalue weighted by Crippen LogP contribution is 2.37. The number of nitrogens with zero attached hydrogens (tertiary/aromatic N) is 3. The highest BCUT2D eigenvalue weighted by atomic mass is 16.6. The van der Waals surface area contributed by atoms with E-state index in [0.29, 0.717) is 31.2 Å². The summed E-state index contributed by atoms with van der Waals surface area (Å²) in [5, 5.41) is 11.4. The van der Waals surface area contributed by atoms with Crippen molar-refractivity contribution in [1.29, 1.82) is 0 Å². The third kappa shape index (κ3) is 3.00. The molecule has 4 heterocycles. The van der Waals surface area contributed by atoms with Gasteiger partial charge < -0.3 is 18.9 Å². The van der Waals surface area contributed by atoms with Crippen molar-refractivity contribution in [2.24, 2.45) is 0 Å². The summed E-state index contributed by atoms with van der Waals surface area (Å²) < 4.78 is 17.1. The van der Waals surface area contributed by atoms with Gasteiger partial charge in [0, 0.05) is 36.8 Å². The molecule has 1 atom stereocenters. The summed E-state index contributed by atoms with van der Waals surface area (Å²) in [6.45, 7) is 3.37. The van der Waals surface area contributed by atoms with Crippen LogP contribution in [0.15, 0.2) is 34.9 Å². The van der Waals surface area contributed by atoms with Crippen LogP contribution in [0.1, 0.15) is 34.5 Å². The number of hydrogen-bond acceptors (Lipinski definition) is 6. The molecule has 144 valence electrons. The van der Waals surface area contributed by atoms with Gasteiger partial charge in [-0.2, -0.15) is 5.10 Å². The smallest absolute Gasteiger partial charge is 0.230 e. The Morgan fingerprint density at radius 1 is 1.32 bits per heavy atom. The predicted molar refractivity (Wildman–Crippen MR) is 98.0 cm³/mol. The Morgan fingerprint density at radius 3 is 3.00 bits per heavy atom. The van der Waals surface area contributed by atoms with Crippen molar-refractivity contribution in [1.82, 2.24) is 20.3 Å². The number of ether oxygens (including phenoxy) is 2. The third-order valence-corrected chi connectivity index (χ3v) is 5.13. The number of hydrogen-bond donors (Lipinski definition) is 1. The Bertz CT molecular complexity index is 1020. The van der Waals surface area contributed by atoms with Gasteiger partial charge in [-0.1, -0.05) is 17.3 Å². The van der Waals surface area contributed by atoms with Crippen molar-refractivity contribution in [2.45, 2.75) is 32.4 Å². The zero-order valence-corrected chi connectivity index (χ0v) is 15.5. The lowest BCUT2D eigenvalue weighted by atomic mass is 10.0. The van der Waals surface area contributed by atoms with E-state index in [4.69, 9.17) is 14.0 Å². The minimum Gasteiger partial charge on any atom is -0.485 e. The maximum Gasteiger partial charge on any atom is 0.230 e. The van der Waals surface area contributed by atoms with Crippen LogP contribution in [0, 0.1) is 6.92 Å². The van der Waals surface area contributed by atoms with Gasteiger partial charge in [0.1, 0.15) is 18.1 Å². The molecule has 1 aromatic carbocycles. The van der Waals surface area contributed by atoms with Crippen molar-refractivity contribution in [3.05, 3.63) is 58.7 Å². The Morgan fingerprint density at radius 2 is 2.18 bits per heavy atom. The predicted octanol–water partition coefficient (Wildman–Crippen LogP) is 2.35. The van der Waals surface area contributed by atoms with Crippen LogP contribution >= 0.6 is 0 Å². The molecule has 0 unspecified atom stereocenters. The first-order valence-corrected chi connectivity index (χ1v) is 9.32. The fraction of sp³-hybridized carbons (Fsp3) is 0.350. The maximum absolute atomic E-state index is 12.7. The fourth-order valence-electron chi connectivity index (χ4n) is 3.71. The molecule has 8 nitrogen and oxygen atoms in total. The molecule has 28 heavy (non-hydrogen) atoms. The van der Waals surface area contributed by atoms with Crippen LogP contribution in [-0.4, -0.2) is 39.3 Å². The van der Waals surface area contributed by atoms with E-state index in [0.717, 1.165) is 34.8 Å². The number of benzene rings is 1. The molecule has 0 fully saturated rings. The number of rotatable bonds is 3. The summed E-state index contributed by atoms with van der Waals surface area (Å²) in [5.74, 6) is 2.05. The SMILES string of the molecule is Cc1cc(CC(=O)N2CCc3[nH]nc([C@@H]4COc5ccccc5O4)c3C2)on1.